The fourth-order valence-corrected chi connectivity index (χ4v) is 5.29. The Labute approximate surface area is 220 Å². The Bertz CT molecular complexity index is 1490. The third-order valence-electron chi connectivity index (χ3n) is 7.18. The van der Waals surface area contributed by atoms with Gasteiger partial charge in [0.1, 0.15) is 24.7 Å². The molecule has 0 spiro atoms. The summed E-state index contributed by atoms with van der Waals surface area (Å²) in [5.41, 5.74) is 4.71. The van der Waals surface area contributed by atoms with E-state index in [1.54, 1.807) is 18.9 Å². The molecule has 4 aromatic rings. The number of Topliss-reactive ketones (excluding diaryl/α,β-unsaturated/α-hetero) is 1. The van der Waals surface area contributed by atoms with E-state index in [-0.39, 0.29) is 17.7 Å². The van der Waals surface area contributed by atoms with Gasteiger partial charge in [-0.3, -0.25) is 4.79 Å². The van der Waals surface area contributed by atoms with Crippen molar-refractivity contribution in [3.63, 3.8) is 0 Å². The summed E-state index contributed by atoms with van der Waals surface area (Å²) in [6.45, 7) is 0.492. The Kier molecular flexibility index (Phi) is 6.29. The van der Waals surface area contributed by atoms with Crippen molar-refractivity contribution in [2.45, 2.75) is 31.4 Å². The molecule has 2 atom stereocenters. The highest BCUT2D eigenvalue weighted by Crippen LogP contribution is 2.45. The van der Waals surface area contributed by atoms with Crippen LogP contribution in [0.25, 0.3) is 0 Å². The van der Waals surface area contributed by atoms with Gasteiger partial charge in [-0.1, -0.05) is 48.5 Å². The molecule has 1 aromatic heterocycles. The summed E-state index contributed by atoms with van der Waals surface area (Å²) in [4.78, 5) is 18.1. The number of rotatable bonds is 7. The van der Waals surface area contributed by atoms with Crippen molar-refractivity contribution in [1.82, 2.24) is 14.8 Å². The predicted octanol–water partition coefficient (Wildman–Crippen LogP) is 5.29. The van der Waals surface area contributed by atoms with Crippen molar-refractivity contribution in [1.29, 1.82) is 0 Å². The molecule has 6 rings (SSSR count). The largest absolute Gasteiger partial charge is 0.493 e. The maximum Gasteiger partial charge on any atom is 0.226 e. The van der Waals surface area contributed by atoms with Crippen LogP contribution in [0.4, 0.5) is 5.95 Å². The van der Waals surface area contributed by atoms with Gasteiger partial charge >= 0.3 is 0 Å². The van der Waals surface area contributed by atoms with Gasteiger partial charge in [0.05, 0.1) is 14.2 Å². The average Bonchev–Trinajstić information content (AvgIpc) is 3.43. The number of allylic oxidation sites excluding steroid dienone is 2. The summed E-state index contributed by atoms with van der Waals surface area (Å²) in [5, 5.41) is 7.83. The SMILES string of the molecule is COc1ccc([C@@H]2CC(=O)C3=C(C2)Nc2ncnn2[C@@H]3c2ccc(OCc3ccccc3)cc2)cc1OC. The van der Waals surface area contributed by atoms with Gasteiger partial charge in [-0.15, -0.1) is 0 Å². The first-order chi connectivity index (χ1) is 18.6. The van der Waals surface area contributed by atoms with E-state index < -0.39 is 0 Å². The highest BCUT2D eigenvalue weighted by Gasteiger charge is 2.39. The maximum atomic E-state index is 13.7. The molecule has 2 aliphatic rings. The molecule has 1 aliphatic carbocycles. The smallest absolute Gasteiger partial charge is 0.226 e. The Morgan fingerprint density at radius 2 is 1.68 bits per heavy atom. The lowest BCUT2D eigenvalue weighted by atomic mass is 9.78. The van der Waals surface area contributed by atoms with E-state index >= 15 is 0 Å². The average molecular weight is 509 g/mol. The minimum absolute atomic E-state index is 0.0115. The van der Waals surface area contributed by atoms with Gasteiger partial charge in [-0.25, -0.2) is 4.68 Å². The minimum atomic E-state index is -0.356. The summed E-state index contributed by atoms with van der Waals surface area (Å²) in [5.74, 6) is 2.81. The van der Waals surface area contributed by atoms with Gasteiger partial charge in [-0.2, -0.15) is 10.1 Å². The predicted molar refractivity (Wildman–Crippen MR) is 143 cm³/mol. The van der Waals surface area contributed by atoms with E-state index in [1.807, 2.05) is 72.8 Å². The lowest BCUT2D eigenvalue weighted by Gasteiger charge is -2.35. The van der Waals surface area contributed by atoms with Crippen LogP contribution in [0, 0.1) is 0 Å². The number of hydrogen-bond donors (Lipinski definition) is 1. The van der Waals surface area contributed by atoms with E-state index in [1.165, 1.54) is 6.33 Å². The van der Waals surface area contributed by atoms with Crippen LogP contribution in [0.15, 0.2) is 90.4 Å². The van der Waals surface area contributed by atoms with Crippen LogP contribution in [-0.2, 0) is 11.4 Å². The normalized spacial score (nSPS) is 18.3. The molecule has 0 unspecified atom stereocenters. The number of anilines is 1. The number of hydrogen-bond acceptors (Lipinski definition) is 7. The quantitative estimate of drug-likeness (QED) is 0.363. The molecule has 2 heterocycles. The zero-order chi connectivity index (χ0) is 26.1. The van der Waals surface area contributed by atoms with Crippen LogP contribution in [0.1, 0.15) is 41.5 Å². The zero-order valence-corrected chi connectivity index (χ0v) is 21.3. The molecule has 0 amide bonds. The van der Waals surface area contributed by atoms with Crippen LogP contribution in [0.3, 0.4) is 0 Å². The second-order valence-electron chi connectivity index (χ2n) is 9.43. The van der Waals surface area contributed by atoms with E-state index in [2.05, 4.69) is 15.4 Å². The summed E-state index contributed by atoms with van der Waals surface area (Å²) in [6, 6.07) is 23.4. The van der Waals surface area contributed by atoms with Crippen molar-refractivity contribution in [3.8, 4) is 17.2 Å². The number of methoxy groups -OCH3 is 2. The number of ether oxygens (including phenoxy) is 3. The first-order valence-corrected chi connectivity index (χ1v) is 12.6. The number of nitrogens with one attached hydrogen (secondary N) is 1. The van der Waals surface area contributed by atoms with Gasteiger partial charge in [-0.05, 0) is 53.3 Å². The number of carbonyl (C=O) groups excluding carboxylic acids is 1. The van der Waals surface area contributed by atoms with Crippen LogP contribution >= 0.6 is 0 Å². The molecular weight excluding hydrogens is 480 g/mol. The number of aromatic nitrogens is 3. The zero-order valence-electron chi connectivity index (χ0n) is 21.3. The Hall–Kier alpha value is -4.59. The summed E-state index contributed by atoms with van der Waals surface area (Å²) >= 11 is 0. The van der Waals surface area contributed by atoms with Crippen molar-refractivity contribution in [2.24, 2.45) is 0 Å². The first-order valence-electron chi connectivity index (χ1n) is 12.6. The molecule has 0 saturated heterocycles. The molecule has 0 radical (unpaired) electrons. The molecule has 3 aromatic carbocycles. The minimum Gasteiger partial charge on any atom is -0.493 e. The molecule has 8 heteroatoms. The molecule has 0 saturated carbocycles. The van der Waals surface area contributed by atoms with Gasteiger partial charge in [0, 0.05) is 17.7 Å². The first kappa shape index (κ1) is 23.8. The number of ketones is 1. The summed E-state index contributed by atoms with van der Waals surface area (Å²) in [7, 11) is 3.23. The molecule has 38 heavy (non-hydrogen) atoms. The molecule has 192 valence electrons. The number of nitrogens with zero attached hydrogens (tertiary/aromatic N) is 3. The molecule has 8 nitrogen and oxygen atoms in total. The van der Waals surface area contributed by atoms with Crippen molar-refractivity contribution in [2.75, 3.05) is 19.5 Å². The standard InChI is InChI=1S/C30H28N4O4/c1-36-26-13-10-21(16-27(26)37-2)22-14-24-28(25(35)15-22)29(34-30(33-24)31-18-32-34)20-8-11-23(12-9-20)38-17-19-6-4-3-5-7-19/h3-13,16,18,22,29H,14-15,17H2,1-2H3,(H,31,32,33)/t22-,29+/m0/s1. The van der Waals surface area contributed by atoms with Gasteiger partial charge in [0.15, 0.2) is 17.3 Å². The van der Waals surface area contributed by atoms with E-state index in [4.69, 9.17) is 14.2 Å². The topological polar surface area (TPSA) is 87.5 Å². The monoisotopic (exact) mass is 508 g/mol. The summed E-state index contributed by atoms with van der Waals surface area (Å²) < 4.78 is 18.6. The van der Waals surface area contributed by atoms with Crippen LogP contribution in [-0.4, -0.2) is 34.8 Å². The second kappa shape index (κ2) is 10.0. The molecule has 1 aliphatic heterocycles. The third-order valence-corrected chi connectivity index (χ3v) is 7.18. The summed E-state index contributed by atoms with van der Waals surface area (Å²) in [6.07, 6.45) is 2.59. The van der Waals surface area contributed by atoms with E-state index in [9.17, 15) is 4.79 Å². The van der Waals surface area contributed by atoms with Crippen molar-refractivity contribution < 1.29 is 19.0 Å². The highest BCUT2D eigenvalue weighted by molar-refractivity contribution is 6.00. The molecule has 0 bridgehead atoms. The Balaban J connectivity index is 1.29. The fourth-order valence-electron chi connectivity index (χ4n) is 5.29. The van der Waals surface area contributed by atoms with E-state index in [0.717, 1.165) is 33.7 Å². The fraction of sp³-hybridized carbons (Fsp3) is 0.233. The number of carbonyl (C=O) groups is 1. The van der Waals surface area contributed by atoms with Crippen LogP contribution in [0.5, 0.6) is 17.2 Å². The Morgan fingerprint density at radius 3 is 2.45 bits per heavy atom. The van der Waals surface area contributed by atoms with Crippen molar-refractivity contribution >= 4 is 11.7 Å². The number of benzene rings is 3. The molecular formula is C30H28N4O4. The van der Waals surface area contributed by atoms with Gasteiger partial charge in [0.2, 0.25) is 5.95 Å². The molecule has 1 N–H and O–H groups in total. The number of fused-ring (bicyclic) bond motifs is 1. The maximum absolute atomic E-state index is 13.7. The third kappa shape index (κ3) is 4.38. The van der Waals surface area contributed by atoms with Gasteiger partial charge in [0.25, 0.3) is 0 Å². The second-order valence-corrected chi connectivity index (χ2v) is 9.43. The van der Waals surface area contributed by atoms with E-state index in [0.29, 0.717) is 36.9 Å². The molecule has 0 fully saturated rings. The van der Waals surface area contributed by atoms with Crippen LogP contribution < -0.4 is 19.5 Å². The highest BCUT2D eigenvalue weighted by atomic mass is 16.5. The lowest BCUT2D eigenvalue weighted by molar-refractivity contribution is -0.116. The lowest BCUT2D eigenvalue weighted by Crippen LogP contribution is -2.33. The van der Waals surface area contributed by atoms with Crippen molar-refractivity contribution in [3.05, 3.63) is 107 Å². The van der Waals surface area contributed by atoms with Crippen LogP contribution in [0.2, 0.25) is 0 Å². The van der Waals surface area contributed by atoms with Gasteiger partial charge < -0.3 is 19.5 Å². The Morgan fingerprint density at radius 1 is 0.921 bits per heavy atom.